The Balaban J connectivity index is 2.01. The molecule has 1 saturated heterocycles. The highest BCUT2D eigenvalue weighted by Crippen LogP contribution is 2.20. The molecule has 1 aromatic rings. The van der Waals surface area contributed by atoms with E-state index in [-0.39, 0.29) is 6.04 Å². The van der Waals surface area contributed by atoms with Gasteiger partial charge in [0, 0.05) is 18.8 Å². The van der Waals surface area contributed by atoms with Crippen LogP contribution >= 0.6 is 12.2 Å². The zero-order valence-corrected chi connectivity index (χ0v) is 12.0. The molecule has 2 rings (SSSR count). The fraction of sp³-hybridized carbons (Fsp3) is 0.692. The molecule has 4 nitrogen and oxygen atoms in total. The van der Waals surface area contributed by atoms with Crippen molar-refractivity contribution in [2.45, 2.75) is 51.7 Å². The molecule has 0 aromatic carbocycles. The fourth-order valence-electron chi connectivity index (χ4n) is 2.44. The molecule has 5 heteroatoms. The summed E-state index contributed by atoms with van der Waals surface area (Å²) in [5, 5.41) is 4.63. The molecule has 0 aliphatic carbocycles. The predicted molar refractivity (Wildman–Crippen MR) is 77.4 cm³/mol. The zero-order valence-electron chi connectivity index (χ0n) is 11.2. The molecule has 0 spiro atoms. The van der Waals surface area contributed by atoms with Gasteiger partial charge in [0.25, 0.3) is 0 Å². The molecular formula is C13H22N4S. The Morgan fingerprint density at radius 3 is 3.11 bits per heavy atom. The minimum absolute atomic E-state index is 0.258. The van der Waals surface area contributed by atoms with E-state index in [0.717, 1.165) is 31.6 Å². The van der Waals surface area contributed by atoms with Crippen LogP contribution in [0.4, 0.5) is 0 Å². The van der Waals surface area contributed by atoms with Crippen LogP contribution in [0, 0.1) is 0 Å². The standard InChI is InChI=1S/C13H22N4S/c1-3-10(2)17-8-6-11(15-17)9-16-7-4-5-12(16)13(14)18/h6,8,10,12H,3-5,7,9H2,1-2H3,(H2,14,18). The van der Waals surface area contributed by atoms with E-state index in [2.05, 4.69) is 36.1 Å². The summed E-state index contributed by atoms with van der Waals surface area (Å²) in [6.07, 6.45) is 5.42. The Morgan fingerprint density at radius 1 is 1.67 bits per heavy atom. The molecule has 2 N–H and O–H groups in total. The Kier molecular flexibility index (Phi) is 4.35. The molecule has 1 aromatic heterocycles. The van der Waals surface area contributed by atoms with Crippen LogP contribution in [0.1, 0.15) is 44.8 Å². The highest BCUT2D eigenvalue weighted by Gasteiger charge is 2.27. The van der Waals surface area contributed by atoms with Crippen LogP contribution < -0.4 is 5.73 Å². The number of hydrogen-bond acceptors (Lipinski definition) is 3. The second-order valence-corrected chi connectivity index (χ2v) is 5.55. The van der Waals surface area contributed by atoms with Crippen molar-refractivity contribution in [3.8, 4) is 0 Å². The Bertz CT molecular complexity index is 415. The fourth-order valence-corrected chi connectivity index (χ4v) is 2.71. The lowest BCUT2D eigenvalue weighted by Gasteiger charge is -2.22. The summed E-state index contributed by atoms with van der Waals surface area (Å²) in [5.41, 5.74) is 6.89. The van der Waals surface area contributed by atoms with E-state index in [4.69, 9.17) is 18.0 Å². The molecule has 1 aliphatic rings. The van der Waals surface area contributed by atoms with E-state index >= 15 is 0 Å². The maximum absolute atomic E-state index is 5.78. The lowest BCUT2D eigenvalue weighted by Crippen LogP contribution is -2.38. The third kappa shape index (κ3) is 2.90. The van der Waals surface area contributed by atoms with Gasteiger partial charge in [0.05, 0.1) is 16.7 Å². The number of thiocarbonyl (C=S) groups is 1. The first-order valence-electron chi connectivity index (χ1n) is 6.69. The zero-order chi connectivity index (χ0) is 13.1. The van der Waals surface area contributed by atoms with Gasteiger partial charge in [0.1, 0.15) is 0 Å². The van der Waals surface area contributed by atoms with Crippen molar-refractivity contribution in [2.24, 2.45) is 5.73 Å². The van der Waals surface area contributed by atoms with E-state index in [1.165, 1.54) is 6.42 Å². The molecule has 0 amide bonds. The van der Waals surface area contributed by atoms with Gasteiger partial charge < -0.3 is 5.73 Å². The molecule has 0 bridgehead atoms. The largest absolute Gasteiger partial charge is 0.392 e. The Hall–Kier alpha value is -0.940. The van der Waals surface area contributed by atoms with Gasteiger partial charge in [-0.3, -0.25) is 9.58 Å². The van der Waals surface area contributed by atoms with Gasteiger partial charge in [-0.1, -0.05) is 19.1 Å². The summed E-state index contributed by atoms with van der Waals surface area (Å²) < 4.78 is 2.04. The van der Waals surface area contributed by atoms with Crippen LogP contribution in [0.3, 0.4) is 0 Å². The number of rotatable bonds is 5. The summed E-state index contributed by atoms with van der Waals surface area (Å²) in [6.45, 7) is 6.28. The Morgan fingerprint density at radius 2 is 2.44 bits per heavy atom. The van der Waals surface area contributed by atoms with Gasteiger partial charge in [-0.25, -0.2) is 0 Å². The molecule has 2 heterocycles. The molecule has 100 valence electrons. The monoisotopic (exact) mass is 266 g/mol. The van der Waals surface area contributed by atoms with Gasteiger partial charge in [0.2, 0.25) is 0 Å². The second-order valence-electron chi connectivity index (χ2n) is 5.08. The highest BCUT2D eigenvalue weighted by atomic mass is 32.1. The van der Waals surface area contributed by atoms with E-state index in [0.29, 0.717) is 11.0 Å². The lowest BCUT2D eigenvalue weighted by atomic mass is 10.2. The molecule has 1 fully saturated rings. The summed E-state index contributed by atoms with van der Waals surface area (Å²) in [4.78, 5) is 2.96. The minimum Gasteiger partial charge on any atom is -0.392 e. The van der Waals surface area contributed by atoms with Crippen LogP contribution in [0.2, 0.25) is 0 Å². The number of hydrogen-bond donors (Lipinski definition) is 1. The quantitative estimate of drug-likeness (QED) is 0.829. The van der Waals surface area contributed by atoms with E-state index < -0.39 is 0 Å². The topological polar surface area (TPSA) is 47.1 Å². The summed E-state index contributed by atoms with van der Waals surface area (Å²) in [6, 6.07) is 2.82. The molecule has 2 unspecified atom stereocenters. The number of aromatic nitrogens is 2. The van der Waals surface area contributed by atoms with Crippen LogP contribution in [0.25, 0.3) is 0 Å². The predicted octanol–water partition coefficient (Wildman–Crippen LogP) is 2.10. The Labute approximate surface area is 114 Å². The summed E-state index contributed by atoms with van der Waals surface area (Å²) >= 11 is 5.12. The van der Waals surface area contributed by atoms with Crippen LogP contribution in [-0.2, 0) is 6.54 Å². The number of likely N-dealkylation sites (tertiary alicyclic amines) is 1. The van der Waals surface area contributed by atoms with Crippen LogP contribution in [0.15, 0.2) is 12.3 Å². The number of nitrogens with zero attached hydrogens (tertiary/aromatic N) is 3. The average molecular weight is 266 g/mol. The van der Waals surface area contributed by atoms with Crippen molar-refractivity contribution in [3.63, 3.8) is 0 Å². The van der Waals surface area contributed by atoms with E-state index in [1.807, 2.05) is 4.68 Å². The molecule has 0 saturated carbocycles. The van der Waals surface area contributed by atoms with Crippen molar-refractivity contribution in [1.82, 2.24) is 14.7 Å². The molecule has 18 heavy (non-hydrogen) atoms. The van der Waals surface area contributed by atoms with Gasteiger partial charge >= 0.3 is 0 Å². The third-order valence-electron chi connectivity index (χ3n) is 3.76. The highest BCUT2D eigenvalue weighted by molar-refractivity contribution is 7.80. The molecule has 0 radical (unpaired) electrons. The first kappa shape index (κ1) is 13.5. The lowest BCUT2D eigenvalue weighted by molar-refractivity contribution is 0.289. The minimum atomic E-state index is 0.258. The van der Waals surface area contributed by atoms with Gasteiger partial charge in [-0.15, -0.1) is 0 Å². The van der Waals surface area contributed by atoms with Crippen molar-refractivity contribution in [1.29, 1.82) is 0 Å². The van der Waals surface area contributed by atoms with Crippen molar-refractivity contribution < 1.29 is 0 Å². The van der Waals surface area contributed by atoms with Crippen LogP contribution in [0.5, 0.6) is 0 Å². The average Bonchev–Trinajstić information content (AvgIpc) is 2.97. The van der Waals surface area contributed by atoms with E-state index in [1.54, 1.807) is 0 Å². The number of nitrogens with two attached hydrogens (primary N) is 1. The van der Waals surface area contributed by atoms with E-state index in [9.17, 15) is 0 Å². The van der Waals surface area contributed by atoms with Gasteiger partial charge in [-0.05, 0) is 38.8 Å². The molecular weight excluding hydrogens is 244 g/mol. The first-order valence-corrected chi connectivity index (χ1v) is 7.10. The normalized spacial score (nSPS) is 22.2. The smallest absolute Gasteiger partial charge is 0.0902 e. The maximum atomic E-state index is 5.78. The summed E-state index contributed by atoms with van der Waals surface area (Å²) in [5.74, 6) is 0. The SMILES string of the molecule is CCC(C)n1ccc(CN2CCCC2C(N)=S)n1. The van der Waals surface area contributed by atoms with Gasteiger partial charge in [0.15, 0.2) is 0 Å². The maximum Gasteiger partial charge on any atom is 0.0902 e. The molecule has 2 atom stereocenters. The molecule has 1 aliphatic heterocycles. The van der Waals surface area contributed by atoms with Crippen molar-refractivity contribution in [3.05, 3.63) is 18.0 Å². The first-order chi connectivity index (χ1) is 8.61. The van der Waals surface area contributed by atoms with Crippen molar-refractivity contribution >= 4 is 17.2 Å². The van der Waals surface area contributed by atoms with Crippen molar-refractivity contribution in [2.75, 3.05) is 6.54 Å². The second kappa shape index (κ2) is 5.80. The van der Waals surface area contributed by atoms with Crippen LogP contribution in [-0.4, -0.2) is 32.3 Å². The van der Waals surface area contributed by atoms with Gasteiger partial charge in [-0.2, -0.15) is 5.10 Å². The summed E-state index contributed by atoms with van der Waals surface area (Å²) in [7, 11) is 0. The third-order valence-corrected chi connectivity index (χ3v) is 4.04.